The van der Waals surface area contributed by atoms with Crippen molar-refractivity contribution in [2.24, 2.45) is 5.73 Å². The molecular formula is C11H15N3OS. The van der Waals surface area contributed by atoms with E-state index in [4.69, 9.17) is 10.3 Å². The Kier molecular flexibility index (Phi) is 3.69. The molecule has 16 heavy (non-hydrogen) atoms. The van der Waals surface area contributed by atoms with Crippen LogP contribution in [0, 0.1) is 0 Å². The van der Waals surface area contributed by atoms with Crippen molar-refractivity contribution < 1.29 is 4.52 Å². The molecule has 0 saturated carbocycles. The van der Waals surface area contributed by atoms with E-state index in [9.17, 15) is 0 Å². The molecule has 2 aromatic heterocycles. The molecule has 2 rings (SSSR count). The monoisotopic (exact) mass is 237 g/mol. The number of hydrogen-bond donors (Lipinski definition) is 1. The van der Waals surface area contributed by atoms with E-state index in [-0.39, 0.29) is 6.04 Å². The van der Waals surface area contributed by atoms with Crippen molar-refractivity contribution in [1.82, 2.24) is 10.1 Å². The average molecular weight is 237 g/mol. The zero-order valence-corrected chi connectivity index (χ0v) is 10.0. The van der Waals surface area contributed by atoms with Crippen molar-refractivity contribution in [1.29, 1.82) is 0 Å². The van der Waals surface area contributed by atoms with Gasteiger partial charge in [-0.1, -0.05) is 24.6 Å². The maximum atomic E-state index is 6.02. The highest BCUT2D eigenvalue weighted by molar-refractivity contribution is 7.10. The molecule has 2 N–H and O–H groups in total. The molecule has 86 valence electrons. The summed E-state index contributed by atoms with van der Waals surface area (Å²) in [7, 11) is 0. The molecule has 0 radical (unpaired) electrons. The lowest BCUT2D eigenvalue weighted by atomic mass is 10.2. The van der Waals surface area contributed by atoms with Gasteiger partial charge in [-0.2, -0.15) is 4.98 Å². The van der Waals surface area contributed by atoms with Gasteiger partial charge in [0.2, 0.25) is 5.89 Å². The van der Waals surface area contributed by atoms with Gasteiger partial charge < -0.3 is 10.3 Å². The number of hydrogen-bond acceptors (Lipinski definition) is 5. The number of nitrogens with zero attached hydrogens (tertiary/aromatic N) is 2. The summed E-state index contributed by atoms with van der Waals surface area (Å²) in [4.78, 5) is 5.35. The number of aromatic nitrogens is 2. The van der Waals surface area contributed by atoms with E-state index in [1.54, 1.807) is 11.3 Å². The van der Waals surface area contributed by atoms with Crippen LogP contribution in [0.2, 0.25) is 0 Å². The predicted octanol–water partition coefficient (Wildman–Crippen LogP) is 2.52. The van der Waals surface area contributed by atoms with Gasteiger partial charge in [-0.05, 0) is 17.9 Å². The highest BCUT2D eigenvalue weighted by Gasteiger charge is 2.17. The minimum absolute atomic E-state index is 0.289. The van der Waals surface area contributed by atoms with Crippen molar-refractivity contribution in [3.8, 4) is 0 Å². The second kappa shape index (κ2) is 5.23. The molecule has 1 unspecified atom stereocenters. The number of unbranched alkanes of at least 4 members (excludes halogenated alkanes) is 1. The van der Waals surface area contributed by atoms with E-state index >= 15 is 0 Å². The molecule has 0 amide bonds. The molecule has 5 heteroatoms. The number of thiophene rings is 1. The van der Waals surface area contributed by atoms with Crippen molar-refractivity contribution in [3.63, 3.8) is 0 Å². The summed E-state index contributed by atoms with van der Waals surface area (Å²) in [6.07, 6.45) is 3.06. The normalized spacial score (nSPS) is 12.9. The van der Waals surface area contributed by atoms with Crippen LogP contribution in [0.3, 0.4) is 0 Å². The molecule has 2 heterocycles. The summed E-state index contributed by atoms with van der Waals surface area (Å²) in [5, 5.41) is 5.91. The van der Waals surface area contributed by atoms with E-state index in [0.717, 1.165) is 30.0 Å². The van der Waals surface area contributed by atoms with Gasteiger partial charge in [0.1, 0.15) is 6.04 Å². The molecule has 0 saturated heterocycles. The van der Waals surface area contributed by atoms with Crippen LogP contribution >= 0.6 is 11.3 Å². The Morgan fingerprint density at radius 1 is 1.56 bits per heavy atom. The molecular weight excluding hydrogens is 222 g/mol. The molecule has 0 bridgehead atoms. The van der Waals surface area contributed by atoms with Gasteiger partial charge in [0.25, 0.3) is 0 Å². The third-order valence-corrected chi connectivity index (χ3v) is 3.31. The van der Waals surface area contributed by atoms with E-state index in [0.29, 0.717) is 5.89 Å². The predicted molar refractivity (Wildman–Crippen MR) is 63.3 cm³/mol. The summed E-state index contributed by atoms with van der Waals surface area (Å²) in [5.41, 5.74) is 6.02. The van der Waals surface area contributed by atoms with Crippen LogP contribution in [-0.4, -0.2) is 10.1 Å². The zero-order chi connectivity index (χ0) is 11.4. The highest BCUT2D eigenvalue weighted by atomic mass is 32.1. The second-order valence-corrected chi connectivity index (χ2v) is 4.62. The molecule has 0 spiro atoms. The lowest BCUT2D eigenvalue weighted by Gasteiger charge is -2.01. The maximum absolute atomic E-state index is 6.02. The summed E-state index contributed by atoms with van der Waals surface area (Å²) in [6, 6.07) is 3.65. The molecule has 0 aliphatic rings. The minimum Gasteiger partial charge on any atom is -0.337 e. The first-order valence-corrected chi connectivity index (χ1v) is 6.30. The Morgan fingerprint density at radius 2 is 2.44 bits per heavy atom. The van der Waals surface area contributed by atoms with E-state index in [1.165, 1.54) is 0 Å². The number of aryl methyl sites for hydroxylation is 1. The van der Waals surface area contributed by atoms with Crippen LogP contribution in [0.1, 0.15) is 42.4 Å². The number of rotatable bonds is 5. The minimum atomic E-state index is -0.289. The molecule has 1 atom stereocenters. The number of nitrogens with two attached hydrogens (primary N) is 1. The standard InChI is InChI=1S/C11H15N3OS/c1-2-3-6-9-13-11(15-14-9)10(12)8-5-4-7-16-8/h4-5,7,10H,2-3,6,12H2,1H3. The molecule has 4 nitrogen and oxygen atoms in total. The van der Waals surface area contributed by atoms with E-state index < -0.39 is 0 Å². The first-order chi connectivity index (χ1) is 7.81. The molecule has 0 aliphatic heterocycles. The summed E-state index contributed by atoms with van der Waals surface area (Å²) in [6.45, 7) is 2.14. The van der Waals surface area contributed by atoms with Crippen molar-refractivity contribution in [2.75, 3.05) is 0 Å². The third kappa shape index (κ3) is 2.48. The maximum Gasteiger partial charge on any atom is 0.248 e. The smallest absolute Gasteiger partial charge is 0.248 e. The van der Waals surface area contributed by atoms with Crippen LogP contribution in [0.25, 0.3) is 0 Å². The van der Waals surface area contributed by atoms with Crippen LogP contribution in [0.5, 0.6) is 0 Å². The first kappa shape index (κ1) is 11.3. The molecule has 2 aromatic rings. The fourth-order valence-corrected chi connectivity index (χ4v) is 2.14. The Labute approximate surface area is 98.5 Å². The van der Waals surface area contributed by atoms with Gasteiger partial charge in [0.15, 0.2) is 5.82 Å². The van der Waals surface area contributed by atoms with Crippen LogP contribution in [0.4, 0.5) is 0 Å². The van der Waals surface area contributed by atoms with E-state index in [2.05, 4.69) is 17.1 Å². The second-order valence-electron chi connectivity index (χ2n) is 3.65. The Hall–Kier alpha value is -1.20. The summed E-state index contributed by atoms with van der Waals surface area (Å²) in [5.74, 6) is 1.26. The lowest BCUT2D eigenvalue weighted by Crippen LogP contribution is -2.10. The quantitative estimate of drug-likeness (QED) is 0.867. The van der Waals surface area contributed by atoms with Gasteiger partial charge >= 0.3 is 0 Å². The van der Waals surface area contributed by atoms with Crippen molar-refractivity contribution in [2.45, 2.75) is 32.2 Å². The summed E-state index contributed by atoms with van der Waals surface area (Å²) < 4.78 is 5.17. The Morgan fingerprint density at radius 3 is 3.12 bits per heavy atom. The Balaban J connectivity index is 2.06. The molecule has 0 fully saturated rings. The van der Waals surface area contributed by atoms with Gasteiger partial charge in [-0.15, -0.1) is 11.3 Å². The van der Waals surface area contributed by atoms with Crippen molar-refractivity contribution >= 4 is 11.3 Å². The highest BCUT2D eigenvalue weighted by Crippen LogP contribution is 2.22. The lowest BCUT2D eigenvalue weighted by molar-refractivity contribution is 0.363. The molecule has 0 aliphatic carbocycles. The zero-order valence-electron chi connectivity index (χ0n) is 9.22. The van der Waals surface area contributed by atoms with Crippen LogP contribution in [0.15, 0.2) is 22.0 Å². The SMILES string of the molecule is CCCCc1noc(C(N)c2cccs2)n1. The van der Waals surface area contributed by atoms with Gasteiger partial charge in [-0.25, -0.2) is 0 Å². The van der Waals surface area contributed by atoms with Crippen LogP contribution < -0.4 is 5.73 Å². The average Bonchev–Trinajstić information content (AvgIpc) is 2.96. The van der Waals surface area contributed by atoms with Gasteiger partial charge in [0.05, 0.1) is 0 Å². The summed E-state index contributed by atoms with van der Waals surface area (Å²) >= 11 is 1.60. The third-order valence-electron chi connectivity index (χ3n) is 2.35. The fourth-order valence-electron chi connectivity index (χ4n) is 1.42. The fraction of sp³-hybridized carbons (Fsp3) is 0.455. The van der Waals surface area contributed by atoms with Crippen molar-refractivity contribution in [3.05, 3.63) is 34.1 Å². The topological polar surface area (TPSA) is 64.9 Å². The largest absolute Gasteiger partial charge is 0.337 e. The van der Waals surface area contributed by atoms with Gasteiger partial charge in [-0.3, -0.25) is 0 Å². The first-order valence-electron chi connectivity index (χ1n) is 5.42. The van der Waals surface area contributed by atoms with Gasteiger partial charge in [0, 0.05) is 11.3 Å². The van der Waals surface area contributed by atoms with Crippen LogP contribution in [-0.2, 0) is 6.42 Å². The molecule has 0 aromatic carbocycles. The van der Waals surface area contributed by atoms with E-state index in [1.807, 2.05) is 17.5 Å². The Bertz CT molecular complexity index is 424.